The van der Waals surface area contributed by atoms with E-state index >= 15 is 0 Å². The Kier molecular flexibility index (Phi) is 2.75. The highest BCUT2D eigenvalue weighted by Crippen LogP contribution is 2.45. The Balaban J connectivity index is 1.52. The highest BCUT2D eigenvalue weighted by molar-refractivity contribution is 5.01. The lowest BCUT2D eigenvalue weighted by atomic mass is 9.75. The molecule has 3 unspecified atom stereocenters. The minimum absolute atomic E-state index is 0.502. The van der Waals surface area contributed by atoms with Gasteiger partial charge in [-0.2, -0.15) is 0 Å². The predicted octanol–water partition coefficient (Wildman–Crippen LogP) is 2.25. The molecule has 3 aliphatic rings. The maximum Gasteiger partial charge on any atom is 0.0328 e. The van der Waals surface area contributed by atoms with Crippen molar-refractivity contribution in [3.63, 3.8) is 0 Å². The zero-order valence-electron chi connectivity index (χ0n) is 10.8. The summed E-state index contributed by atoms with van der Waals surface area (Å²) >= 11 is 0. The molecule has 0 aromatic rings. The van der Waals surface area contributed by atoms with Crippen LogP contribution in [0.1, 0.15) is 44.9 Å². The fourth-order valence-electron chi connectivity index (χ4n) is 4.18. The quantitative estimate of drug-likeness (QED) is 0.785. The van der Waals surface area contributed by atoms with E-state index in [1.807, 2.05) is 0 Å². The van der Waals surface area contributed by atoms with Gasteiger partial charge in [-0.15, -0.1) is 0 Å². The van der Waals surface area contributed by atoms with E-state index < -0.39 is 0 Å². The lowest BCUT2D eigenvalue weighted by molar-refractivity contribution is 0.0548. The number of rotatable bonds is 4. The van der Waals surface area contributed by atoms with Gasteiger partial charge in [0.05, 0.1) is 0 Å². The van der Waals surface area contributed by atoms with E-state index in [9.17, 15) is 0 Å². The van der Waals surface area contributed by atoms with Gasteiger partial charge in [0, 0.05) is 18.1 Å². The molecule has 2 bridgehead atoms. The molecule has 0 aromatic heterocycles. The van der Waals surface area contributed by atoms with Crippen molar-refractivity contribution in [2.75, 3.05) is 20.6 Å². The molecular weight excluding hydrogens is 196 g/mol. The normalized spacial score (nSPS) is 40.3. The summed E-state index contributed by atoms with van der Waals surface area (Å²) in [5.74, 6) is 2.09. The van der Waals surface area contributed by atoms with Crippen LogP contribution >= 0.6 is 0 Å². The lowest BCUT2D eigenvalue weighted by Crippen LogP contribution is -2.58. The van der Waals surface area contributed by atoms with Gasteiger partial charge in [-0.25, -0.2) is 0 Å². The van der Waals surface area contributed by atoms with Crippen molar-refractivity contribution in [2.45, 2.75) is 56.5 Å². The van der Waals surface area contributed by atoms with Gasteiger partial charge in [0.2, 0.25) is 0 Å². The van der Waals surface area contributed by atoms with Gasteiger partial charge < -0.3 is 10.2 Å². The minimum atomic E-state index is 0.502. The molecule has 3 aliphatic carbocycles. The number of likely N-dealkylation sites (N-methyl/N-ethyl adjacent to an activating group) is 1. The van der Waals surface area contributed by atoms with Crippen molar-refractivity contribution in [3.05, 3.63) is 0 Å². The maximum absolute atomic E-state index is 3.90. The molecule has 2 nitrogen and oxygen atoms in total. The standard InChI is InChI=1S/C14H26N2/c1-16(2)14(6-3-7-14)10-15-13-9-11-4-5-12(13)8-11/h11-13,15H,3-10H2,1-2H3. The van der Waals surface area contributed by atoms with Crippen LogP contribution in [-0.2, 0) is 0 Å². The third-order valence-electron chi connectivity index (χ3n) is 5.66. The molecule has 2 heteroatoms. The van der Waals surface area contributed by atoms with Crippen molar-refractivity contribution in [1.29, 1.82) is 0 Å². The summed E-state index contributed by atoms with van der Waals surface area (Å²) in [6.07, 6.45) is 10.2. The summed E-state index contributed by atoms with van der Waals surface area (Å²) in [6, 6.07) is 0.858. The molecule has 0 radical (unpaired) electrons. The molecule has 92 valence electrons. The fourth-order valence-corrected chi connectivity index (χ4v) is 4.18. The van der Waals surface area contributed by atoms with Crippen LogP contribution in [0, 0.1) is 11.8 Å². The first-order chi connectivity index (χ1) is 7.70. The zero-order chi connectivity index (χ0) is 11.2. The summed E-state index contributed by atoms with van der Waals surface area (Å²) in [5, 5.41) is 3.90. The van der Waals surface area contributed by atoms with Crippen LogP contribution in [0.25, 0.3) is 0 Å². The molecule has 3 fully saturated rings. The topological polar surface area (TPSA) is 15.3 Å². The maximum atomic E-state index is 3.90. The Morgan fingerprint density at radius 2 is 2.00 bits per heavy atom. The monoisotopic (exact) mass is 222 g/mol. The van der Waals surface area contributed by atoms with E-state index in [4.69, 9.17) is 0 Å². The molecule has 0 heterocycles. The third-order valence-corrected chi connectivity index (χ3v) is 5.66. The summed E-state index contributed by atoms with van der Waals surface area (Å²) < 4.78 is 0. The van der Waals surface area contributed by atoms with E-state index in [1.165, 1.54) is 51.5 Å². The molecule has 3 saturated carbocycles. The van der Waals surface area contributed by atoms with Crippen LogP contribution in [0.4, 0.5) is 0 Å². The molecule has 0 aliphatic heterocycles. The molecule has 0 aromatic carbocycles. The second-order valence-electron chi connectivity index (χ2n) is 6.63. The lowest BCUT2D eigenvalue weighted by Gasteiger charge is -2.48. The van der Waals surface area contributed by atoms with Gasteiger partial charge in [-0.05, 0) is 64.5 Å². The van der Waals surface area contributed by atoms with Crippen LogP contribution in [0.2, 0.25) is 0 Å². The van der Waals surface area contributed by atoms with E-state index in [1.54, 1.807) is 0 Å². The fraction of sp³-hybridized carbons (Fsp3) is 1.00. The second-order valence-corrected chi connectivity index (χ2v) is 6.63. The van der Waals surface area contributed by atoms with Crippen molar-refractivity contribution >= 4 is 0 Å². The van der Waals surface area contributed by atoms with Crippen molar-refractivity contribution in [1.82, 2.24) is 10.2 Å². The average Bonchev–Trinajstić information content (AvgIpc) is 2.76. The second kappa shape index (κ2) is 3.99. The molecule has 3 rings (SSSR count). The molecule has 1 N–H and O–H groups in total. The molecule has 0 amide bonds. The van der Waals surface area contributed by atoms with E-state index in [0.717, 1.165) is 17.9 Å². The number of hydrogen-bond acceptors (Lipinski definition) is 2. The van der Waals surface area contributed by atoms with E-state index in [2.05, 4.69) is 24.3 Å². The minimum Gasteiger partial charge on any atom is -0.312 e. The Labute approximate surface area is 99.8 Å². The number of nitrogens with one attached hydrogen (secondary N) is 1. The highest BCUT2D eigenvalue weighted by atomic mass is 15.2. The van der Waals surface area contributed by atoms with Gasteiger partial charge in [0.1, 0.15) is 0 Å². The Morgan fingerprint density at radius 1 is 1.19 bits per heavy atom. The van der Waals surface area contributed by atoms with Crippen LogP contribution in [0.3, 0.4) is 0 Å². The summed E-state index contributed by atoms with van der Waals surface area (Å²) in [7, 11) is 4.50. The zero-order valence-corrected chi connectivity index (χ0v) is 10.8. The van der Waals surface area contributed by atoms with Crippen LogP contribution in [-0.4, -0.2) is 37.1 Å². The van der Waals surface area contributed by atoms with E-state index in [-0.39, 0.29) is 0 Å². The first kappa shape index (κ1) is 11.0. The largest absolute Gasteiger partial charge is 0.312 e. The molecule has 0 spiro atoms. The Morgan fingerprint density at radius 3 is 2.44 bits per heavy atom. The summed E-state index contributed by atoms with van der Waals surface area (Å²) in [4.78, 5) is 2.46. The Hall–Kier alpha value is -0.0800. The van der Waals surface area contributed by atoms with Crippen molar-refractivity contribution in [2.24, 2.45) is 11.8 Å². The molecule has 0 saturated heterocycles. The Bertz CT molecular complexity index is 257. The van der Waals surface area contributed by atoms with Gasteiger partial charge in [-0.1, -0.05) is 6.42 Å². The summed E-state index contributed by atoms with van der Waals surface area (Å²) in [5.41, 5.74) is 0.502. The number of fused-ring (bicyclic) bond motifs is 2. The third kappa shape index (κ3) is 1.70. The van der Waals surface area contributed by atoms with Gasteiger partial charge in [0.25, 0.3) is 0 Å². The SMILES string of the molecule is CN(C)C1(CNC2CC3CCC2C3)CCC1. The number of nitrogens with zero attached hydrogens (tertiary/aromatic N) is 1. The first-order valence-electron chi connectivity index (χ1n) is 7.10. The van der Waals surface area contributed by atoms with Crippen LogP contribution < -0.4 is 5.32 Å². The van der Waals surface area contributed by atoms with Crippen molar-refractivity contribution < 1.29 is 0 Å². The van der Waals surface area contributed by atoms with Crippen molar-refractivity contribution in [3.8, 4) is 0 Å². The van der Waals surface area contributed by atoms with Gasteiger partial charge >= 0.3 is 0 Å². The predicted molar refractivity (Wildman–Crippen MR) is 67.5 cm³/mol. The van der Waals surface area contributed by atoms with Gasteiger partial charge in [0.15, 0.2) is 0 Å². The number of hydrogen-bond donors (Lipinski definition) is 1. The highest BCUT2D eigenvalue weighted by Gasteiger charge is 2.43. The molecular formula is C14H26N2. The smallest absolute Gasteiger partial charge is 0.0328 e. The summed E-state index contributed by atoms with van der Waals surface area (Å²) in [6.45, 7) is 1.23. The van der Waals surface area contributed by atoms with Crippen LogP contribution in [0.15, 0.2) is 0 Å². The van der Waals surface area contributed by atoms with E-state index in [0.29, 0.717) is 5.54 Å². The van der Waals surface area contributed by atoms with Crippen LogP contribution in [0.5, 0.6) is 0 Å². The molecule has 3 atom stereocenters. The average molecular weight is 222 g/mol. The first-order valence-corrected chi connectivity index (χ1v) is 7.10. The van der Waals surface area contributed by atoms with Gasteiger partial charge in [-0.3, -0.25) is 0 Å². The molecule has 16 heavy (non-hydrogen) atoms.